The third-order valence-corrected chi connectivity index (χ3v) is 5.98. The quantitative estimate of drug-likeness (QED) is 0.684. The van der Waals surface area contributed by atoms with Crippen molar-refractivity contribution < 1.29 is 12.9 Å². The molecule has 0 atom stereocenters. The first-order valence-electron chi connectivity index (χ1n) is 7.40. The molecule has 1 saturated heterocycles. The SMILES string of the molecule is O=S(=O)(c1ccc(Cl)cc1)N1CC(c2nc(-c3cnccn3)no2)C1. The molecule has 3 aromatic rings. The van der Waals surface area contributed by atoms with Crippen molar-refractivity contribution in [1.82, 2.24) is 24.4 Å². The van der Waals surface area contributed by atoms with E-state index in [0.717, 1.165) is 0 Å². The monoisotopic (exact) mass is 377 g/mol. The summed E-state index contributed by atoms with van der Waals surface area (Å²) in [4.78, 5) is 12.5. The van der Waals surface area contributed by atoms with Crippen LogP contribution in [-0.4, -0.2) is 45.9 Å². The van der Waals surface area contributed by atoms with E-state index >= 15 is 0 Å². The van der Waals surface area contributed by atoms with E-state index in [4.69, 9.17) is 16.1 Å². The molecule has 1 aliphatic heterocycles. The van der Waals surface area contributed by atoms with Crippen LogP contribution >= 0.6 is 11.6 Å². The molecule has 0 bridgehead atoms. The van der Waals surface area contributed by atoms with Crippen LogP contribution in [0.2, 0.25) is 5.02 Å². The molecule has 25 heavy (non-hydrogen) atoms. The van der Waals surface area contributed by atoms with Crippen LogP contribution in [0.15, 0.2) is 52.3 Å². The Hall–Kier alpha value is -2.36. The summed E-state index contributed by atoms with van der Waals surface area (Å²) in [6, 6.07) is 6.08. The summed E-state index contributed by atoms with van der Waals surface area (Å²) in [6.45, 7) is 0.570. The normalized spacial score (nSPS) is 15.9. The summed E-state index contributed by atoms with van der Waals surface area (Å²) in [5.74, 6) is 0.588. The van der Waals surface area contributed by atoms with Crippen LogP contribution in [0.5, 0.6) is 0 Å². The first-order valence-corrected chi connectivity index (χ1v) is 9.21. The van der Waals surface area contributed by atoms with Crippen molar-refractivity contribution in [3.05, 3.63) is 53.8 Å². The Morgan fingerprint density at radius 1 is 1.16 bits per heavy atom. The van der Waals surface area contributed by atoms with Crippen LogP contribution < -0.4 is 0 Å². The minimum Gasteiger partial charge on any atom is -0.339 e. The Labute approximate surface area is 148 Å². The molecular formula is C15H12ClN5O3S. The fourth-order valence-corrected chi connectivity index (χ4v) is 4.12. The fourth-order valence-electron chi connectivity index (χ4n) is 2.47. The standard InChI is InChI=1S/C15H12ClN5O3S/c16-11-1-3-12(4-2-11)25(22,23)21-8-10(9-21)15-19-14(20-24-15)13-7-17-5-6-18-13/h1-7,10H,8-9H2. The second-order valence-corrected chi connectivity index (χ2v) is 7.89. The second kappa shape index (κ2) is 6.17. The minimum atomic E-state index is -3.54. The van der Waals surface area contributed by atoms with Gasteiger partial charge in [-0.1, -0.05) is 16.8 Å². The van der Waals surface area contributed by atoms with Crippen LogP contribution in [0.25, 0.3) is 11.5 Å². The molecule has 0 amide bonds. The van der Waals surface area contributed by atoms with Gasteiger partial charge in [0.05, 0.1) is 17.0 Å². The van der Waals surface area contributed by atoms with Crippen molar-refractivity contribution in [1.29, 1.82) is 0 Å². The molecule has 1 aromatic carbocycles. The molecule has 2 aromatic heterocycles. The molecule has 0 radical (unpaired) electrons. The molecule has 8 nitrogen and oxygen atoms in total. The van der Waals surface area contributed by atoms with Crippen LogP contribution in [-0.2, 0) is 10.0 Å². The van der Waals surface area contributed by atoms with E-state index < -0.39 is 10.0 Å². The molecule has 0 spiro atoms. The highest BCUT2D eigenvalue weighted by Crippen LogP contribution is 2.32. The molecule has 0 aliphatic carbocycles. The van der Waals surface area contributed by atoms with Gasteiger partial charge in [-0.3, -0.25) is 4.98 Å². The number of rotatable bonds is 4. The van der Waals surface area contributed by atoms with E-state index in [1.54, 1.807) is 18.3 Å². The summed E-state index contributed by atoms with van der Waals surface area (Å²) in [5, 5.41) is 4.36. The molecule has 1 aliphatic rings. The second-order valence-electron chi connectivity index (χ2n) is 5.52. The molecule has 0 N–H and O–H groups in total. The number of hydrogen-bond acceptors (Lipinski definition) is 7. The number of hydrogen-bond donors (Lipinski definition) is 0. The molecule has 0 unspecified atom stereocenters. The Morgan fingerprint density at radius 3 is 2.60 bits per heavy atom. The van der Waals surface area contributed by atoms with Gasteiger partial charge in [0, 0.05) is 30.5 Å². The summed E-state index contributed by atoms with van der Waals surface area (Å²) in [6.07, 6.45) is 4.62. The number of halogens is 1. The molecule has 0 saturated carbocycles. The van der Waals surface area contributed by atoms with Gasteiger partial charge >= 0.3 is 0 Å². The summed E-state index contributed by atoms with van der Waals surface area (Å²) in [7, 11) is -3.54. The van der Waals surface area contributed by atoms with Gasteiger partial charge in [-0.2, -0.15) is 9.29 Å². The highest BCUT2D eigenvalue weighted by Gasteiger charge is 2.40. The van der Waals surface area contributed by atoms with Crippen molar-refractivity contribution in [2.45, 2.75) is 10.8 Å². The van der Waals surface area contributed by atoms with Crippen molar-refractivity contribution in [3.8, 4) is 11.5 Å². The van der Waals surface area contributed by atoms with Gasteiger partial charge in [0.15, 0.2) is 0 Å². The highest BCUT2D eigenvalue weighted by atomic mass is 35.5. The van der Waals surface area contributed by atoms with E-state index in [-0.39, 0.29) is 23.9 Å². The first-order chi connectivity index (χ1) is 12.0. The van der Waals surface area contributed by atoms with Gasteiger partial charge in [0.2, 0.25) is 21.7 Å². The van der Waals surface area contributed by atoms with E-state index in [9.17, 15) is 8.42 Å². The number of sulfonamides is 1. The molecule has 10 heteroatoms. The summed E-state index contributed by atoms with van der Waals surface area (Å²) in [5.41, 5.74) is 0.502. The Kier molecular flexibility index (Phi) is 3.98. The number of benzene rings is 1. The zero-order valence-corrected chi connectivity index (χ0v) is 14.4. The van der Waals surface area contributed by atoms with Gasteiger partial charge in [0.25, 0.3) is 0 Å². The largest absolute Gasteiger partial charge is 0.339 e. The van der Waals surface area contributed by atoms with Crippen molar-refractivity contribution >= 4 is 21.6 Å². The molecule has 3 heterocycles. The lowest BCUT2D eigenvalue weighted by molar-refractivity contribution is 0.217. The zero-order chi connectivity index (χ0) is 17.4. The average Bonchev–Trinajstić information content (AvgIpc) is 3.04. The lowest BCUT2D eigenvalue weighted by Gasteiger charge is -2.35. The summed E-state index contributed by atoms with van der Waals surface area (Å²) < 4.78 is 31.7. The first kappa shape index (κ1) is 16.1. The number of aromatic nitrogens is 4. The molecule has 1 fully saturated rings. The van der Waals surface area contributed by atoms with Gasteiger partial charge in [-0.15, -0.1) is 0 Å². The Bertz CT molecular complexity index is 986. The van der Waals surface area contributed by atoms with Crippen LogP contribution in [0, 0.1) is 0 Å². The lowest BCUT2D eigenvalue weighted by Crippen LogP contribution is -2.48. The van der Waals surface area contributed by atoms with E-state index in [2.05, 4.69) is 20.1 Å². The maximum absolute atomic E-state index is 12.5. The number of nitrogens with zero attached hydrogens (tertiary/aromatic N) is 5. The Balaban J connectivity index is 1.47. The van der Waals surface area contributed by atoms with E-state index in [0.29, 0.717) is 22.4 Å². The third kappa shape index (κ3) is 3.01. The average molecular weight is 378 g/mol. The minimum absolute atomic E-state index is 0.139. The molecule has 128 valence electrons. The zero-order valence-electron chi connectivity index (χ0n) is 12.8. The molecular weight excluding hydrogens is 366 g/mol. The predicted molar refractivity (Wildman–Crippen MR) is 88.3 cm³/mol. The van der Waals surface area contributed by atoms with Gasteiger partial charge < -0.3 is 4.52 Å². The van der Waals surface area contributed by atoms with Crippen molar-refractivity contribution in [3.63, 3.8) is 0 Å². The van der Waals surface area contributed by atoms with E-state index in [1.165, 1.54) is 28.8 Å². The van der Waals surface area contributed by atoms with Gasteiger partial charge in [-0.25, -0.2) is 13.4 Å². The van der Waals surface area contributed by atoms with Crippen LogP contribution in [0.4, 0.5) is 0 Å². The fraction of sp³-hybridized carbons (Fsp3) is 0.200. The lowest BCUT2D eigenvalue weighted by atomic mass is 10.0. The summed E-state index contributed by atoms with van der Waals surface area (Å²) >= 11 is 5.80. The van der Waals surface area contributed by atoms with Gasteiger partial charge in [0.1, 0.15) is 5.69 Å². The van der Waals surface area contributed by atoms with Crippen LogP contribution in [0.3, 0.4) is 0 Å². The topological polar surface area (TPSA) is 102 Å². The van der Waals surface area contributed by atoms with Crippen LogP contribution in [0.1, 0.15) is 11.8 Å². The van der Waals surface area contributed by atoms with Gasteiger partial charge in [-0.05, 0) is 24.3 Å². The third-order valence-electron chi connectivity index (χ3n) is 3.88. The van der Waals surface area contributed by atoms with Crippen molar-refractivity contribution in [2.75, 3.05) is 13.1 Å². The Morgan fingerprint density at radius 2 is 1.92 bits per heavy atom. The highest BCUT2D eigenvalue weighted by molar-refractivity contribution is 7.89. The van der Waals surface area contributed by atoms with Crippen molar-refractivity contribution in [2.24, 2.45) is 0 Å². The maximum atomic E-state index is 12.5. The predicted octanol–water partition coefficient (Wildman–Crippen LogP) is 1.97. The molecule has 4 rings (SSSR count). The van der Waals surface area contributed by atoms with E-state index in [1.807, 2.05) is 0 Å². The smallest absolute Gasteiger partial charge is 0.243 e. The maximum Gasteiger partial charge on any atom is 0.243 e.